The van der Waals surface area contributed by atoms with Gasteiger partial charge >= 0.3 is 0 Å². The summed E-state index contributed by atoms with van der Waals surface area (Å²) in [6, 6.07) is 9.11. The summed E-state index contributed by atoms with van der Waals surface area (Å²) in [6.07, 6.45) is 3.00. The maximum atomic E-state index is 11.4. The van der Waals surface area contributed by atoms with Crippen LogP contribution in [-0.2, 0) is 17.3 Å². The van der Waals surface area contributed by atoms with E-state index in [4.69, 9.17) is 4.52 Å². The van der Waals surface area contributed by atoms with E-state index in [0.717, 1.165) is 31.6 Å². The van der Waals surface area contributed by atoms with Crippen molar-refractivity contribution in [2.75, 3.05) is 6.54 Å². The number of hydrogen-bond donors (Lipinski definition) is 2. The summed E-state index contributed by atoms with van der Waals surface area (Å²) in [5.74, 6) is 1.11. The first kappa shape index (κ1) is 19.9. The molecule has 0 amide bonds. The molecule has 1 aromatic carbocycles. The van der Waals surface area contributed by atoms with Crippen LogP contribution >= 0.6 is 0 Å². The molecule has 148 valence electrons. The van der Waals surface area contributed by atoms with Crippen LogP contribution in [0.15, 0.2) is 33.6 Å². The number of aromatic nitrogens is 1. The minimum absolute atomic E-state index is 0.132. The molecule has 1 fully saturated rings. The van der Waals surface area contributed by atoms with E-state index < -0.39 is 0 Å². The fraction of sp³-hybridized carbons (Fsp3) is 0.609. The van der Waals surface area contributed by atoms with Crippen LogP contribution in [0.4, 0.5) is 0 Å². The summed E-state index contributed by atoms with van der Waals surface area (Å²) in [7, 11) is 0. The van der Waals surface area contributed by atoms with Gasteiger partial charge in [0.15, 0.2) is 0 Å². The van der Waals surface area contributed by atoms with E-state index in [0.29, 0.717) is 12.0 Å². The topological polar surface area (TPSA) is 58.0 Å². The van der Waals surface area contributed by atoms with Crippen molar-refractivity contribution < 1.29 is 4.52 Å². The number of piperidine rings is 1. The lowest BCUT2D eigenvalue weighted by atomic mass is 9.78. The molecule has 4 heteroatoms. The second kappa shape index (κ2) is 7.31. The van der Waals surface area contributed by atoms with Crippen LogP contribution in [0, 0.1) is 0 Å². The van der Waals surface area contributed by atoms with Crippen LogP contribution in [0.1, 0.15) is 82.8 Å². The van der Waals surface area contributed by atoms with Gasteiger partial charge in [-0.2, -0.15) is 5.16 Å². The standard InChI is InChI=1S/C23H34N2O2/c1-22(2,3)17-9-15(10-18(13-17)23(4,5)6)11-19-12-16(7-8-24-19)20-14-21(26)25-27-20/h9-10,13-14,16,19,24H,7-8,11-12H2,1-6H3,(H,25,26)/t16-,19+/m1/s1. The second-order valence-electron chi connectivity index (χ2n) is 10.1. The molecule has 0 unspecified atom stereocenters. The van der Waals surface area contributed by atoms with Crippen molar-refractivity contribution in [2.45, 2.75) is 83.6 Å². The number of benzene rings is 1. The lowest BCUT2D eigenvalue weighted by molar-refractivity contribution is 0.292. The molecule has 1 aliphatic heterocycles. The van der Waals surface area contributed by atoms with E-state index >= 15 is 0 Å². The van der Waals surface area contributed by atoms with E-state index in [1.807, 2.05) is 0 Å². The van der Waals surface area contributed by atoms with Gasteiger partial charge in [0, 0.05) is 18.0 Å². The number of rotatable bonds is 3. The Kier molecular flexibility index (Phi) is 5.40. The average Bonchev–Trinajstić information content (AvgIpc) is 3.00. The number of hydrogen-bond acceptors (Lipinski definition) is 3. The van der Waals surface area contributed by atoms with Crippen molar-refractivity contribution in [3.05, 3.63) is 57.1 Å². The molecule has 4 nitrogen and oxygen atoms in total. The van der Waals surface area contributed by atoms with Gasteiger partial charge in [0.1, 0.15) is 5.76 Å². The monoisotopic (exact) mass is 370 g/mol. The quantitative estimate of drug-likeness (QED) is 0.827. The first-order valence-electron chi connectivity index (χ1n) is 10.1. The fourth-order valence-electron chi connectivity index (χ4n) is 3.88. The maximum Gasteiger partial charge on any atom is 0.280 e. The van der Waals surface area contributed by atoms with Gasteiger partial charge < -0.3 is 9.84 Å². The van der Waals surface area contributed by atoms with Gasteiger partial charge in [-0.25, -0.2) is 0 Å². The Bertz CT molecular complexity index is 801. The number of nitrogens with one attached hydrogen (secondary N) is 2. The average molecular weight is 371 g/mol. The molecule has 0 saturated carbocycles. The van der Waals surface area contributed by atoms with Gasteiger partial charge in [-0.05, 0) is 53.3 Å². The highest BCUT2D eigenvalue weighted by Gasteiger charge is 2.27. The summed E-state index contributed by atoms with van der Waals surface area (Å²) in [5, 5.41) is 6.09. The molecule has 0 bridgehead atoms. The van der Waals surface area contributed by atoms with Crippen molar-refractivity contribution >= 4 is 0 Å². The molecular weight excluding hydrogens is 336 g/mol. The third kappa shape index (κ3) is 4.92. The summed E-state index contributed by atoms with van der Waals surface area (Å²) < 4.78 is 5.36. The molecule has 27 heavy (non-hydrogen) atoms. The summed E-state index contributed by atoms with van der Waals surface area (Å²) >= 11 is 0. The Morgan fingerprint density at radius 3 is 2.15 bits per heavy atom. The van der Waals surface area contributed by atoms with Crippen LogP contribution in [0.3, 0.4) is 0 Å². The van der Waals surface area contributed by atoms with Gasteiger partial charge in [0.2, 0.25) is 0 Å². The zero-order valence-electron chi connectivity index (χ0n) is 17.6. The van der Waals surface area contributed by atoms with Crippen LogP contribution in [0.25, 0.3) is 0 Å². The molecule has 0 spiro atoms. The van der Waals surface area contributed by atoms with Crippen LogP contribution < -0.4 is 10.9 Å². The van der Waals surface area contributed by atoms with Crippen LogP contribution in [0.2, 0.25) is 0 Å². The fourth-order valence-corrected chi connectivity index (χ4v) is 3.88. The SMILES string of the molecule is CC(C)(C)c1cc(C[C@H]2C[C@H](c3cc(=O)[nH]o3)CCN2)cc(C(C)(C)C)c1. The van der Waals surface area contributed by atoms with Crippen molar-refractivity contribution in [1.29, 1.82) is 0 Å². The maximum absolute atomic E-state index is 11.4. The third-order valence-electron chi connectivity index (χ3n) is 5.65. The highest BCUT2D eigenvalue weighted by Crippen LogP contribution is 2.32. The largest absolute Gasteiger partial charge is 0.383 e. The Morgan fingerprint density at radius 1 is 1.00 bits per heavy atom. The lowest BCUT2D eigenvalue weighted by Crippen LogP contribution is -2.38. The Labute approximate surface area is 162 Å². The predicted molar refractivity (Wildman–Crippen MR) is 111 cm³/mol. The van der Waals surface area contributed by atoms with Gasteiger partial charge in [0.25, 0.3) is 5.56 Å². The molecule has 2 atom stereocenters. The van der Waals surface area contributed by atoms with E-state index in [9.17, 15) is 4.79 Å². The molecule has 0 radical (unpaired) electrons. The minimum Gasteiger partial charge on any atom is -0.383 e. The minimum atomic E-state index is -0.146. The highest BCUT2D eigenvalue weighted by molar-refractivity contribution is 5.37. The van der Waals surface area contributed by atoms with Gasteiger partial charge in [0.05, 0.1) is 0 Å². The summed E-state index contributed by atoms with van der Waals surface area (Å²) in [6.45, 7) is 14.6. The zero-order chi connectivity index (χ0) is 19.8. The number of aromatic amines is 1. The molecular formula is C23H34N2O2. The first-order chi connectivity index (χ1) is 12.5. The third-order valence-corrected chi connectivity index (χ3v) is 5.65. The van der Waals surface area contributed by atoms with Crippen molar-refractivity contribution in [3.63, 3.8) is 0 Å². The first-order valence-corrected chi connectivity index (χ1v) is 10.1. The Morgan fingerprint density at radius 2 is 1.63 bits per heavy atom. The smallest absolute Gasteiger partial charge is 0.280 e. The molecule has 1 aliphatic rings. The Balaban J connectivity index is 1.82. The molecule has 2 aromatic rings. The molecule has 0 aliphatic carbocycles. The molecule has 1 saturated heterocycles. The van der Waals surface area contributed by atoms with Crippen LogP contribution in [-0.4, -0.2) is 17.7 Å². The van der Waals surface area contributed by atoms with Gasteiger partial charge in [-0.1, -0.05) is 59.7 Å². The van der Waals surface area contributed by atoms with E-state index in [-0.39, 0.29) is 16.4 Å². The zero-order valence-corrected chi connectivity index (χ0v) is 17.6. The molecule has 1 aromatic heterocycles. The summed E-state index contributed by atoms with van der Waals surface area (Å²) in [5.41, 5.74) is 4.30. The van der Waals surface area contributed by atoms with Crippen molar-refractivity contribution in [1.82, 2.24) is 10.5 Å². The van der Waals surface area contributed by atoms with E-state index in [2.05, 4.69) is 70.2 Å². The molecule has 3 rings (SSSR count). The molecule has 2 heterocycles. The summed E-state index contributed by atoms with van der Waals surface area (Å²) in [4.78, 5) is 11.4. The van der Waals surface area contributed by atoms with Crippen molar-refractivity contribution in [2.24, 2.45) is 0 Å². The highest BCUT2D eigenvalue weighted by atomic mass is 16.5. The van der Waals surface area contributed by atoms with Crippen LogP contribution in [0.5, 0.6) is 0 Å². The van der Waals surface area contributed by atoms with Gasteiger partial charge in [-0.15, -0.1) is 0 Å². The second-order valence-corrected chi connectivity index (χ2v) is 10.1. The van der Waals surface area contributed by atoms with Gasteiger partial charge in [-0.3, -0.25) is 4.79 Å². The number of H-pyrrole nitrogens is 1. The van der Waals surface area contributed by atoms with E-state index in [1.54, 1.807) is 6.07 Å². The van der Waals surface area contributed by atoms with E-state index in [1.165, 1.54) is 16.7 Å². The van der Waals surface area contributed by atoms with Crippen molar-refractivity contribution in [3.8, 4) is 0 Å². The predicted octanol–water partition coefficient (Wildman–Crippen LogP) is 4.64. The normalized spacial score (nSPS) is 21.4. The molecule has 2 N–H and O–H groups in total. The Hall–Kier alpha value is -1.81. The lowest BCUT2D eigenvalue weighted by Gasteiger charge is -2.31.